The summed E-state index contributed by atoms with van der Waals surface area (Å²) in [6.07, 6.45) is 16.6. The summed E-state index contributed by atoms with van der Waals surface area (Å²) >= 11 is 0. The van der Waals surface area contributed by atoms with Gasteiger partial charge in [-0.25, -0.2) is 0 Å². The Kier molecular flexibility index (Phi) is 10.6. The Balaban J connectivity index is 0.933. The molecule has 8 rings (SSSR count). The largest absolute Gasteiger partial charge is 0.462 e. The minimum Gasteiger partial charge on any atom is -0.462 e. The first kappa shape index (κ1) is 41.3. The molecule has 0 aromatic heterocycles. The third-order valence-corrected chi connectivity index (χ3v) is 19.4. The van der Waals surface area contributed by atoms with Gasteiger partial charge in [-0.2, -0.15) is 0 Å². The second kappa shape index (κ2) is 14.6. The highest BCUT2D eigenvalue weighted by Gasteiger charge is 2.69. The molecule has 316 valence electrons. The van der Waals surface area contributed by atoms with Crippen molar-refractivity contribution in [3.63, 3.8) is 0 Å². The average molecular weight is 786 g/mol. The minimum absolute atomic E-state index is 0.126. The van der Waals surface area contributed by atoms with Crippen LogP contribution in [-0.2, 0) is 35.2 Å². The standard InChI is InChI=1S/C50H75NO6/c1-44(2)36(41(52)56-33-34-13-10-9-11-14-34)31-37(44)42(53)57-40-18-21-47(6)38(45(40,3)4)17-22-49(8)39(47)16-15-35-32-50(26-25-48(35,49)7,20-12-19-46(5)23-24-46)43(54)51-27-29-55-30-28-51/h9-11,13-14,35-40H,12,15-33H2,1-8H3. The minimum atomic E-state index is -0.501. The van der Waals surface area contributed by atoms with Crippen LogP contribution >= 0.6 is 0 Å². The van der Waals surface area contributed by atoms with Crippen LogP contribution in [0.3, 0.4) is 0 Å². The first-order valence-corrected chi connectivity index (χ1v) is 23.2. The third-order valence-electron chi connectivity index (χ3n) is 19.4. The van der Waals surface area contributed by atoms with Crippen LogP contribution in [0.4, 0.5) is 0 Å². The number of carbonyl (C=O) groups is 3. The number of esters is 2. The lowest BCUT2D eigenvalue weighted by molar-refractivity contribution is -0.243. The van der Waals surface area contributed by atoms with E-state index < -0.39 is 5.41 Å². The van der Waals surface area contributed by atoms with Crippen LogP contribution in [0.1, 0.15) is 157 Å². The molecule has 0 spiro atoms. The molecule has 7 aliphatic rings. The van der Waals surface area contributed by atoms with Crippen LogP contribution in [0.5, 0.6) is 0 Å². The topological polar surface area (TPSA) is 82.1 Å². The molecule has 1 saturated heterocycles. The van der Waals surface area contributed by atoms with Crippen LogP contribution in [0.2, 0.25) is 0 Å². The highest BCUT2D eigenvalue weighted by molar-refractivity contribution is 5.83. The van der Waals surface area contributed by atoms with Crippen molar-refractivity contribution >= 4 is 17.8 Å². The van der Waals surface area contributed by atoms with Crippen molar-refractivity contribution in [3.05, 3.63) is 35.9 Å². The van der Waals surface area contributed by atoms with Crippen molar-refractivity contribution in [3.8, 4) is 0 Å². The maximum Gasteiger partial charge on any atom is 0.309 e. The summed E-state index contributed by atoms with van der Waals surface area (Å²) in [4.78, 5) is 43.9. The molecule has 0 N–H and O–H groups in total. The quantitative estimate of drug-likeness (QED) is 0.220. The number of morpholine rings is 1. The molecule has 7 fully saturated rings. The fourth-order valence-corrected chi connectivity index (χ4v) is 14.8. The Morgan fingerprint density at radius 3 is 2.11 bits per heavy atom. The monoisotopic (exact) mass is 786 g/mol. The highest BCUT2D eigenvalue weighted by atomic mass is 16.5. The number of benzene rings is 1. The van der Waals surface area contributed by atoms with E-state index in [2.05, 4.69) is 46.4 Å². The number of nitrogens with zero attached hydrogens (tertiary/aromatic N) is 1. The van der Waals surface area contributed by atoms with E-state index in [1.165, 1.54) is 44.9 Å². The summed E-state index contributed by atoms with van der Waals surface area (Å²) in [6.45, 7) is 22.3. The maximum absolute atomic E-state index is 14.6. The molecule has 6 saturated carbocycles. The van der Waals surface area contributed by atoms with Crippen molar-refractivity contribution < 1.29 is 28.6 Å². The van der Waals surface area contributed by atoms with Crippen LogP contribution in [0.25, 0.3) is 0 Å². The molecule has 0 radical (unpaired) electrons. The molecular weight excluding hydrogens is 711 g/mol. The SMILES string of the molecule is CC1(CCCC2(C(=O)N3CCOCC3)CCC3(C)C(CCC4C5(C)CCC(OC(=O)C6CC(C(=O)OCc7ccccc7)C6(C)C)C(C)(C)C5CCC43C)C2)CC1. The van der Waals surface area contributed by atoms with E-state index in [0.717, 1.165) is 63.6 Å². The van der Waals surface area contributed by atoms with E-state index in [1.807, 2.05) is 44.2 Å². The first-order chi connectivity index (χ1) is 26.9. The molecule has 57 heavy (non-hydrogen) atoms. The molecule has 7 heteroatoms. The molecule has 1 amide bonds. The molecule has 1 heterocycles. The zero-order valence-electron chi connectivity index (χ0n) is 36.9. The van der Waals surface area contributed by atoms with Gasteiger partial charge in [0.2, 0.25) is 5.91 Å². The van der Waals surface area contributed by atoms with E-state index in [-0.39, 0.29) is 63.6 Å². The molecule has 7 nitrogen and oxygen atoms in total. The van der Waals surface area contributed by atoms with Crippen LogP contribution in [0.15, 0.2) is 30.3 Å². The van der Waals surface area contributed by atoms with E-state index in [9.17, 15) is 14.4 Å². The number of fused-ring (bicyclic) bond motifs is 5. The molecule has 1 aliphatic heterocycles. The number of amides is 1. The van der Waals surface area contributed by atoms with Gasteiger partial charge in [0, 0.05) is 23.9 Å². The fraction of sp³-hybridized carbons (Fsp3) is 0.820. The van der Waals surface area contributed by atoms with Crippen molar-refractivity contribution in [2.75, 3.05) is 26.3 Å². The van der Waals surface area contributed by atoms with Crippen molar-refractivity contribution in [1.82, 2.24) is 4.90 Å². The van der Waals surface area contributed by atoms with Crippen molar-refractivity contribution in [1.29, 1.82) is 0 Å². The number of hydrogen-bond acceptors (Lipinski definition) is 6. The van der Waals surface area contributed by atoms with E-state index in [0.29, 0.717) is 48.7 Å². The third kappa shape index (κ3) is 6.92. The molecule has 1 aromatic carbocycles. The number of rotatable bonds is 10. The Labute approximate surface area is 344 Å². The van der Waals surface area contributed by atoms with Gasteiger partial charge in [-0.05, 0) is 140 Å². The van der Waals surface area contributed by atoms with Gasteiger partial charge < -0.3 is 19.1 Å². The molecule has 10 atom stereocenters. The van der Waals surface area contributed by atoms with Crippen molar-refractivity contribution in [2.45, 2.75) is 164 Å². The Hall–Kier alpha value is -2.41. The molecule has 10 unspecified atom stereocenters. The summed E-state index contributed by atoms with van der Waals surface area (Å²) in [5.41, 5.74) is 1.22. The number of carbonyl (C=O) groups excluding carboxylic acids is 3. The summed E-state index contributed by atoms with van der Waals surface area (Å²) < 4.78 is 18.0. The summed E-state index contributed by atoms with van der Waals surface area (Å²) in [7, 11) is 0. The smallest absolute Gasteiger partial charge is 0.309 e. The van der Waals surface area contributed by atoms with Crippen LogP contribution in [-0.4, -0.2) is 55.2 Å². The Morgan fingerprint density at radius 2 is 1.42 bits per heavy atom. The average Bonchev–Trinajstić information content (AvgIpc) is 3.92. The van der Waals surface area contributed by atoms with Crippen molar-refractivity contribution in [2.24, 2.45) is 67.5 Å². The molecule has 1 aromatic rings. The lowest BCUT2D eigenvalue weighted by Crippen LogP contribution is -2.66. The van der Waals surface area contributed by atoms with Crippen LogP contribution in [0, 0.1) is 67.5 Å². The predicted molar refractivity (Wildman–Crippen MR) is 223 cm³/mol. The Morgan fingerprint density at radius 1 is 0.719 bits per heavy atom. The van der Waals surface area contributed by atoms with E-state index >= 15 is 0 Å². The molecular formula is C50H75NO6. The fourth-order valence-electron chi connectivity index (χ4n) is 14.8. The first-order valence-electron chi connectivity index (χ1n) is 23.2. The lowest BCUT2D eigenvalue weighted by atomic mass is 9.33. The van der Waals surface area contributed by atoms with Gasteiger partial charge in [0.05, 0.1) is 25.0 Å². The number of ether oxygens (including phenoxy) is 3. The van der Waals surface area contributed by atoms with Gasteiger partial charge in [0.25, 0.3) is 0 Å². The molecule has 0 bridgehead atoms. The lowest BCUT2D eigenvalue weighted by Gasteiger charge is -2.72. The second-order valence-electron chi connectivity index (χ2n) is 22.9. The normalized spacial score (nSPS) is 41.3. The van der Waals surface area contributed by atoms with E-state index in [1.54, 1.807) is 0 Å². The Bertz CT molecular complexity index is 1680. The van der Waals surface area contributed by atoms with Gasteiger partial charge in [0.1, 0.15) is 12.7 Å². The van der Waals surface area contributed by atoms with Crippen LogP contribution < -0.4 is 0 Å². The van der Waals surface area contributed by atoms with Gasteiger partial charge in [-0.3, -0.25) is 14.4 Å². The zero-order chi connectivity index (χ0) is 40.6. The maximum atomic E-state index is 14.6. The van der Waals surface area contributed by atoms with Gasteiger partial charge in [-0.15, -0.1) is 0 Å². The van der Waals surface area contributed by atoms with Gasteiger partial charge in [-0.1, -0.05) is 92.1 Å². The highest BCUT2D eigenvalue weighted by Crippen LogP contribution is 2.75. The summed E-state index contributed by atoms with van der Waals surface area (Å²) in [5.74, 6) is 1.15. The number of hydrogen-bond donors (Lipinski definition) is 0. The van der Waals surface area contributed by atoms with E-state index in [4.69, 9.17) is 14.2 Å². The predicted octanol–water partition coefficient (Wildman–Crippen LogP) is 10.6. The molecule has 6 aliphatic carbocycles. The second-order valence-corrected chi connectivity index (χ2v) is 22.9. The van der Waals surface area contributed by atoms with Gasteiger partial charge in [0.15, 0.2) is 0 Å². The van der Waals surface area contributed by atoms with Gasteiger partial charge >= 0.3 is 11.9 Å². The zero-order valence-corrected chi connectivity index (χ0v) is 36.9. The summed E-state index contributed by atoms with van der Waals surface area (Å²) in [6, 6.07) is 9.77. The summed E-state index contributed by atoms with van der Waals surface area (Å²) in [5, 5.41) is 0.